The Hall–Kier alpha value is -1.16. The summed E-state index contributed by atoms with van der Waals surface area (Å²) in [5.41, 5.74) is 3.08. The summed E-state index contributed by atoms with van der Waals surface area (Å²) in [6.07, 6.45) is 1.13. The molecule has 0 fully saturated rings. The molecule has 2 rings (SSSR count). The highest BCUT2D eigenvalue weighted by atomic mass is 32.1. The predicted octanol–water partition coefficient (Wildman–Crippen LogP) is 2.51. The number of benzene rings is 1. The Bertz CT molecular complexity index is 396. The molecule has 0 unspecified atom stereocenters. The summed E-state index contributed by atoms with van der Waals surface area (Å²) in [5, 5.41) is 3.31. The van der Waals surface area contributed by atoms with Crippen molar-refractivity contribution < 1.29 is 0 Å². The van der Waals surface area contributed by atoms with Crippen molar-refractivity contribution in [3.8, 4) is 0 Å². The van der Waals surface area contributed by atoms with Crippen LogP contribution in [0, 0.1) is 0 Å². The van der Waals surface area contributed by atoms with Crippen molar-refractivity contribution in [3.05, 3.63) is 18.2 Å². The number of aromatic nitrogens is 2. The molecule has 0 radical (unpaired) electrons. The maximum atomic E-state index is 4.18. The maximum Gasteiger partial charge on any atom is 0.106 e. The van der Waals surface area contributed by atoms with Gasteiger partial charge in [0, 0.05) is 12.2 Å². The molecule has 1 aromatic heterocycles. The van der Waals surface area contributed by atoms with Gasteiger partial charge < -0.3 is 5.32 Å². The van der Waals surface area contributed by atoms with Crippen LogP contribution < -0.4 is 5.32 Å². The van der Waals surface area contributed by atoms with E-state index in [2.05, 4.69) is 21.0 Å². The van der Waals surface area contributed by atoms with Gasteiger partial charge in [0.05, 0.1) is 11.7 Å². The molecule has 1 N–H and O–H groups in total. The van der Waals surface area contributed by atoms with E-state index in [0.717, 1.165) is 29.7 Å². The molecule has 0 aliphatic rings. The molecule has 0 aliphatic carbocycles. The molecule has 0 saturated heterocycles. The minimum atomic E-state index is 0.978. The second kappa shape index (κ2) is 3.70. The van der Waals surface area contributed by atoms with Crippen molar-refractivity contribution >= 4 is 28.4 Å². The van der Waals surface area contributed by atoms with Gasteiger partial charge in [0.25, 0.3) is 0 Å². The first-order valence-electron chi connectivity index (χ1n) is 4.36. The van der Waals surface area contributed by atoms with Crippen LogP contribution in [0.3, 0.4) is 0 Å². The molecule has 1 heterocycles. The zero-order valence-corrected chi connectivity index (χ0v) is 8.27. The number of nitrogens with one attached hydrogen (secondary N) is 1. The van der Waals surface area contributed by atoms with E-state index >= 15 is 0 Å². The Morgan fingerprint density at radius 1 is 1.31 bits per heavy atom. The Balaban J connectivity index is 2.26. The van der Waals surface area contributed by atoms with Gasteiger partial charge in [0.1, 0.15) is 11.0 Å². The van der Waals surface area contributed by atoms with Crippen molar-refractivity contribution in [2.24, 2.45) is 0 Å². The highest BCUT2D eigenvalue weighted by Gasteiger charge is 1.98. The normalized spacial score (nSPS) is 10.5. The summed E-state index contributed by atoms with van der Waals surface area (Å²) in [6.45, 7) is 3.15. The molecule has 68 valence electrons. The average Bonchev–Trinajstić information content (AvgIpc) is 2.61. The van der Waals surface area contributed by atoms with E-state index in [9.17, 15) is 0 Å². The molecule has 0 amide bonds. The van der Waals surface area contributed by atoms with Crippen LogP contribution in [0.1, 0.15) is 13.3 Å². The average molecular weight is 193 g/mol. The summed E-state index contributed by atoms with van der Waals surface area (Å²) in [6, 6.07) is 6.07. The topological polar surface area (TPSA) is 37.8 Å². The molecule has 0 saturated carbocycles. The van der Waals surface area contributed by atoms with Gasteiger partial charge in [-0.25, -0.2) is 0 Å². The van der Waals surface area contributed by atoms with Crippen LogP contribution in [0.2, 0.25) is 0 Å². The lowest BCUT2D eigenvalue weighted by Crippen LogP contribution is -1.98. The smallest absolute Gasteiger partial charge is 0.106 e. The van der Waals surface area contributed by atoms with Gasteiger partial charge >= 0.3 is 0 Å². The van der Waals surface area contributed by atoms with E-state index in [1.807, 2.05) is 18.2 Å². The van der Waals surface area contributed by atoms with E-state index in [-0.39, 0.29) is 0 Å². The Morgan fingerprint density at radius 3 is 3.00 bits per heavy atom. The van der Waals surface area contributed by atoms with Crippen LogP contribution in [0.25, 0.3) is 11.0 Å². The zero-order chi connectivity index (χ0) is 9.10. The standard InChI is InChI=1S/C9H11N3S/c1-2-5-10-7-3-4-8-9(6-7)12-13-11-8/h3-4,6,10H,2,5H2,1H3. The number of anilines is 1. The summed E-state index contributed by atoms with van der Waals surface area (Å²) < 4.78 is 8.32. The summed E-state index contributed by atoms with van der Waals surface area (Å²) in [7, 11) is 0. The van der Waals surface area contributed by atoms with Gasteiger partial charge in [-0.15, -0.1) is 0 Å². The van der Waals surface area contributed by atoms with Gasteiger partial charge in [-0.05, 0) is 24.6 Å². The van der Waals surface area contributed by atoms with Gasteiger partial charge in [-0.1, -0.05) is 6.92 Å². The van der Waals surface area contributed by atoms with E-state index in [4.69, 9.17) is 0 Å². The Labute approximate surface area is 81.1 Å². The molecule has 2 aromatic rings. The lowest BCUT2D eigenvalue weighted by atomic mass is 10.2. The third kappa shape index (κ3) is 1.78. The summed E-state index contributed by atoms with van der Waals surface area (Å²) in [5.74, 6) is 0. The summed E-state index contributed by atoms with van der Waals surface area (Å²) in [4.78, 5) is 0. The van der Waals surface area contributed by atoms with Gasteiger partial charge in [0.2, 0.25) is 0 Å². The van der Waals surface area contributed by atoms with E-state index in [1.54, 1.807) is 0 Å². The molecular formula is C9H11N3S. The van der Waals surface area contributed by atoms with Gasteiger partial charge in [-0.2, -0.15) is 8.75 Å². The molecule has 0 bridgehead atoms. The fourth-order valence-corrected chi connectivity index (χ4v) is 1.68. The Morgan fingerprint density at radius 2 is 2.15 bits per heavy atom. The Kier molecular flexibility index (Phi) is 2.40. The van der Waals surface area contributed by atoms with E-state index < -0.39 is 0 Å². The zero-order valence-electron chi connectivity index (χ0n) is 7.45. The second-order valence-electron chi connectivity index (χ2n) is 2.89. The molecule has 0 atom stereocenters. The van der Waals surface area contributed by atoms with Crippen LogP contribution in [0.4, 0.5) is 5.69 Å². The quantitative estimate of drug-likeness (QED) is 0.814. The van der Waals surface area contributed by atoms with Crippen molar-refractivity contribution in [1.82, 2.24) is 8.75 Å². The van der Waals surface area contributed by atoms with Crippen LogP contribution >= 0.6 is 11.7 Å². The van der Waals surface area contributed by atoms with Crippen LogP contribution in [0.15, 0.2) is 18.2 Å². The molecule has 1 aromatic carbocycles. The second-order valence-corrected chi connectivity index (χ2v) is 3.42. The first-order chi connectivity index (χ1) is 6.40. The van der Waals surface area contributed by atoms with Crippen molar-refractivity contribution in [2.45, 2.75) is 13.3 Å². The van der Waals surface area contributed by atoms with Crippen molar-refractivity contribution in [1.29, 1.82) is 0 Å². The number of nitrogens with zero attached hydrogens (tertiary/aromatic N) is 2. The van der Waals surface area contributed by atoms with Gasteiger partial charge in [0.15, 0.2) is 0 Å². The fourth-order valence-electron chi connectivity index (χ4n) is 1.16. The van der Waals surface area contributed by atoms with Crippen LogP contribution in [-0.4, -0.2) is 15.3 Å². The first-order valence-corrected chi connectivity index (χ1v) is 5.09. The fraction of sp³-hybridized carbons (Fsp3) is 0.333. The SMILES string of the molecule is CCCNc1ccc2nsnc2c1. The third-order valence-corrected chi connectivity index (χ3v) is 2.39. The highest BCUT2D eigenvalue weighted by Crippen LogP contribution is 2.16. The monoisotopic (exact) mass is 193 g/mol. The van der Waals surface area contributed by atoms with Crippen molar-refractivity contribution in [3.63, 3.8) is 0 Å². The molecule has 0 aliphatic heterocycles. The highest BCUT2D eigenvalue weighted by molar-refractivity contribution is 7.00. The largest absolute Gasteiger partial charge is 0.385 e. The molecule has 3 nitrogen and oxygen atoms in total. The van der Waals surface area contributed by atoms with E-state index in [1.165, 1.54) is 11.7 Å². The van der Waals surface area contributed by atoms with Crippen LogP contribution in [-0.2, 0) is 0 Å². The molecule has 13 heavy (non-hydrogen) atoms. The number of fused-ring (bicyclic) bond motifs is 1. The number of rotatable bonds is 3. The van der Waals surface area contributed by atoms with Crippen LogP contribution in [0.5, 0.6) is 0 Å². The predicted molar refractivity (Wildman–Crippen MR) is 56.2 cm³/mol. The minimum Gasteiger partial charge on any atom is -0.385 e. The van der Waals surface area contributed by atoms with Crippen molar-refractivity contribution in [2.75, 3.05) is 11.9 Å². The maximum absolute atomic E-state index is 4.18. The first kappa shape index (κ1) is 8.44. The molecular weight excluding hydrogens is 182 g/mol. The minimum absolute atomic E-state index is 0.978. The lowest BCUT2D eigenvalue weighted by molar-refractivity contribution is 0.980. The lowest BCUT2D eigenvalue weighted by Gasteiger charge is -2.02. The van der Waals surface area contributed by atoms with Gasteiger partial charge in [-0.3, -0.25) is 0 Å². The van der Waals surface area contributed by atoms with E-state index in [0.29, 0.717) is 0 Å². The summed E-state index contributed by atoms with van der Waals surface area (Å²) >= 11 is 1.26. The number of hydrogen-bond acceptors (Lipinski definition) is 4. The molecule has 0 spiro atoms. The molecule has 4 heteroatoms. The third-order valence-electron chi connectivity index (χ3n) is 1.83. The number of hydrogen-bond donors (Lipinski definition) is 1.